The summed E-state index contributed by atoms with van der Waals surface area (Å²) in [5, 5.41) is 5.23. The van der Waals surface area contributed by atoms with E-state index in [0.29, 0.717) is 10.2 Å². The van der Waals surface area contributed by atoms with Crippen LogP contribution >= 0.6 is 27.5 Å². The van der Waals surface area contributed by atoms with Crippen LogP contribution in [0.15, 0.2) is 26.6 Å². The molecule has 0 aromatic carbocycles. The molecule has 0 N–H and O–H groups in total. The molecule has 0 fully saturated rings. The van der Waals surface area contributed by atoms with Crippen molar-refractivity contribution < 1.29 is 9.21 Å². The molecule has 0 amide bonds. The Morgan fingerprint density at radius 3 is 3.00 bits per heavy atom. The van der Waals surface area contributed by atoms with Gasteiger partial charge in [0.05, 0.1) is 10.7 Å². The van der Waals surface area contributed by atoms with Crippen LogP contribution in [0.1, 0.15) is 16.2 Å². The normalized spacial score (nSPS) is 10.2. The minimum absolute atomic E-state index is 0.257. The molecule has 4 nitrogen and oxygen atoms in total. The number of rotatable bonds is 2. The van der Waals surface area contributed by atoms with Crippen LogP contribution in [0.4, 0.5) is 0 Å². The van der Waals surface area contributed by atoms with Crippen LogP contribution in [-0.2, 0) is 0 Å². The largest absolute Gasteiger partial charge is 0.460 e. The molecule has 66 valence electrons. The van der Waals surface area contributed by atoms with Gasteiger partial charge in [-0.1, -0.05) is 4.49 Å². The second kappa shape index (κ2) is 3.39. The predicted molar refractivity (Wildman–Crippen MR) is 49.7 cm³/mol. The van der Waals surface area contributed by atoms with Gasteiger partial charge in [0.15, 0.2) is 5.76 Å². The van der Waals surface area contributed by atoms with Crippen molar-refractivity contribution in [1.29, 1.82) is 0 Å². The maximum atomic E-state index is 11.6. The number of hydrogen-bond acceptors (Lipinski definition) is 5. The predicted octanol–water partition coefficient (Wildman–Crippen LogP) is 2.12. The molecular formula is C7H3BrN2O2S. The van der Waals surface area contributed by atoms with Crippen molar-refractivity contribution in [2.75, 3.05) is 0 Å². The molecule has 0 spiro atoms. The minimum atomic E-state index is -0.259. The van der Waals surface area contributed by atoms with Gasteiger partial charge in [-0.15, -0.1) is 5.10 Å². The van der Waals surface area contributed by atoms with Crippen molar-refractivity contribution in [3.05, 3.63) is 33.6 Å². The van der Waals surface area contributed by atoms with Crippen molar-refractivity contribution >= 4 is 33.2 Å². The quantitative estimate of drug-likeness (QED) is 0.775. The summed E-state index contributed by atoms with van der Waals surface area (Å²) < 4.78 is 9.22. The first-order valence-electron chi connectivity index (χ1n) is 3.34. The zero-order chi connectivity index (χ0) is 9.26. The number of furan rings is 1. The number of halogens is 1. The molecule has 2 aromatic heterocycles. The summed E-state index contributed by atoms with van der Waals surface area (Å²) in [7, 11) is 0. The van der Waals surface area contributed by atoms with Gasteiger partial charge in [0, 0.05) is 5.38 Å². The van der Waals surface area contributed by atoms with Crippen molar-refractivity contribution in [3.8, 4) is 0 Å². The highest BCUT2D eigenvalue weighted by Crippen LogP contribution is 2.20. The third-order valence-electron chi connectivity index (χ3n) is 1.42. The van der Waals surface area contributed by atoms with Gasteiger partial charge in [-0.2, -0.15) is 0 Å². The number of hydrogen-bond donors (Lipinski definition) is 0. The standard InChI is InChI=1S/C7H3BrN2O2S/c8-4-1-2-12-7(4)6(11)5-3-13-10-9-5/h1-3H. The number of carbonyl (C=O) groups is 1. The van der Waals surface area contributed by atoms with Crippen LogP contribution in [0.2, 0.25) is 0 Å². The van der Waals surface area contributed by atoms with Gasteiger partial charge in [-0.25, -0.2) is 0 Å². The Hall–Kier alpha value is -1.01. The van der Waals surface area contributed by atoms with E-state index in [1.165, 1.54) is 6.26 Å². The van der Waals surface area contributed by atoms with Gasteiger partial charge < -0.3 is 4.42 Å². The molecule has 0 saturated carbocycles. The average Bonchev–Trinajstić information content (AvgIpc) is 2.72. The topological polar surface area (TPSA) is 56.0 Å². The van der Waals surface area contributed by atoms with Crippen LogP contribution in [-0.4, -0.2) is 15.4 Å². The van der Waals surface area contributed by atoms with E-state index in [2.05, 4.69) is 25.5 Å². The fraction of sp³-hybridized carbons (Fsp3) is 0. The highest BCUT2D eigenvalue weighted by atomic mass is 79.9. The van der Waals surface area contributed by atoms with Gasteiger partial charge in [0.25, 0.3) is 0 Å². The van der Waals surface area contributed by atoms with Crippen molar-refractivity contribution in [2.24, 2.45) is 0 Å². The van der Waals surface area contributed by atoms with Gasteiger partial charge in [-0.3, -0.25) is 4.79 Å². The summed E-state index contributed by atoms with van der Waals surface area (Å²) in [6.07, 6.45) is 1.44. The second-order valence-corrected chi connectivity index (χ2v) is 3.68. The summed E-state index contributed by atoms with van der Waals surface area (Å²) >= 11 is 4.33. The lowest BCUT2D eigenvalue weighted by Crippen LogP contribution is -2.00. The van der Waals surface area contributed by atoms with E-state index in [1.807, 2.05) is 0 Å². The Morgan fingerprint density at radius 1 is 1.62 bits per heavy atom. The molecular weight excluding hydrogens is 256 g/mol. The summed E-state index contributed by atoms with van der Waals surface area (Å²) in [5.41, 5.74) is 0.306. The first-order valence-corrected chi connectivity index (χ1v) is 4.97. The molecule has 0 atom stereocenters. The highest BCUT2D eigenvalue weighted by molar-refractivity contribution is 9.10. The third kappa shape index (κ3) is 1.54. The number of nitrogens with zero attached hydrogens (tertiary/aromatic N) is 2. The third-order valence-corrected chi connectivity index (χ3v) is 2.55. The van der Waals surface area contributed by atoms with Crippen LogP contribution < -0.4 is 0 Å². The monoisotopic (exact) mass is 258 g/mol. The first-order chi connectivity index (χ1) is 6.29. The maximum absolute atomic E-state index is 11.6. The van der Waals surface area contributed by atoms with Crippen LogP contribution in [0.3, 0.4) is 0 Å². The Kier molecular flexibility index (Phi) is 2.24. The zero-order valence-electron chi connectivity index (χ0n) is 6.23. The smallest absolute Gasteiger partial charge is 0.250 e. The van der Waals surface area contributed by atoms with Crippen molar-refractivity contribution in [1.82, 2.24) is 9.59 Å². The molecule has 0 unspecified atom stereocenters. The molecule has 2 aromatic rings. The van der Waals surface area contributed by atoms with Crippen LogP contribution in [0.5, 0.6) is 0 Å². The molecule has 6 heteroatoms. The second-order valence-electron chi connectivity index (χ2n) is 2.22. The number of carbonyl (C=O) groups excluding carboxylic acids is 1. The Morgan fingerprint density at radius 2 is 2.46 bits per heavy atom. The Labute approximate surface area is 85.9 Å². The summed E-state index contributed by atoms with van der Waals surface area (Å²) in [6.45, 7) is 0. The van der Waals surface area contributed by atoms with Crippen molar-refractivity contribution in [3.63, 3.8) is 0 Å². The van der Waals surface area contributed by atoms with E-state index in [-0.39, 0.29) is 11.5 Å². The van der Waals surface area contributed by atoms with E-state index >= 15 is 0 Å². The molecule has 0 saturated heterocycles. The SMILES string of the molecule is O=C(c1csnn1)c1occc1Br. The van der Waals surface area contributed by atoms with Gasteiger partial charge >= 0.3 is 0 Å². The van der Waals surface area contributed by atoms with Gasteiger partial charge in [0.1, 0.15) is 5.69 Å². The zero-order valence-corrected chi connectivity index (χ0v) is 8.63. The van der Waals surface area contributed by atoms with E-state index in [1.54, 1.807) is 11.4 Å². The lowest BCUT2D eigenvalue weighted by atomic mass is 10.2. The maximum Gasteiger partial charge on any atom is 0.250 e. The molecule has 13 heavy (non-hydrogen) atoms. The number of aromatic nitrogens is 2. The number of ketones is 1. The summed E-state index contributed by atoms with van der Waals surface area (Å²) in [4.78, 5) is 11.6. The van der Waals surface area contributed by atoms with E-state index in [9.17, 15) is 4.79 Å². The molecule has 0 aliphatic rings. The molecule has 0 aliphatic heterocycles. The van der Waals surface area contributed by atoms with Crippen LogP contribution in [0, 0.1) is 0 Å². The molecule has 0 bridgehead atoms. The van der Waals surface area contributed by atoms with Crippen LogP contribution in [0.25, 0.3) is 0 Å². The molecule has 0 radical (unpaired) electrons. The summed E-state index contributed by atoms with van der Waals surface area (Å²) in [5.74, 6) is -0.00155. The van der Waals surface area contributed by atoms with E-state index in [0.717, 1.165) is 11.5 Å². The van der Waals surface area contributed by atoms with Crippen molar-refractivity contribution in [2.45, 2.75) is 0 Å². The fourth-order valence-corrected chi connectivity index (χ4v) is 1.65. The fourth-order valence-electron chi connectivity index (χ4n) is 0.836. The molecule has 0 aliphatic carbocycles. The Balaban J connectivity index is 2.39. The minimum Gasteiger partial charge on any atom is -0.460 e. The van der Waals surface area contributed by atoms with Gasteiger partial charge in [0.2, 0.25) is 5.78 Å². The van der Waals surface area contributed by atoms with E-state index in [4.69, 9.17) is 4.42 Å². The lowest BCUT2D eigenvalue weighted by molar-refractivity contribution is 0.100. The molecule has 2 heterocycles. The van der Waals surface area contributed by atoms with Gasteiger partial charge in [-0.05, 0) is 33.5 Å². The Bertz CT molecular complexity index is 423. The summed E-state index contributed by atoms with van der Waals surface area (Å²) in [6, 6.07) is 1.66. The highest BCUT2D eigenvalue weighted by Gasteiger charge is 2.17. The lowest BCUT2D eigenvalue weighted by Gasteiger charge is -1.90. The average molecular weight is 259 g/mol. The van der Waals surface area contributed by atoms with E-state index < -0.39 is 0 Å². The first kappa shape index (κ1) is 8.58. The molecule has 2 rings (SSSR count).